The minimum absolute atomic E-state index is 0.0173. The number of rotatable bonds is 4. The van der Waals surface area contributed by atoms with E-state index in [9.17, 15) is 4.79 Å². The van der Waals surface area contributed by atoms with E-state index in [-0.39, 0.29) is 18.1 Å². The molecular formula is C18H28N4O2. The molecular weight excluding hydrogens is 304 g/mol. The molecule has 1 aromatic rings. The summed E-state index contributed by atoms with van der Waals surface area (Å²) in [5.74, 6) is 1.13. The first kappa shape index (κ1) is 17.2. The summed E-state index contributed by atoms with van der Waals surface area (Å²) in [5.41, 5.74) is 0. The van der Waals surface area contributed by atoms with E-state index in [0.717, 1.165) is 57.9 Å². The summed E-state index contributed by atoms with van der Waals surface area (Å²) in [6.45, 7) is 7.65. The first-order valence-corrected chi connectivity index (χ1v) is 8.91. The highest BCUT2D eigenvalue weighted by atomic mass is 16.5. The molecule has 24 heavy (non-hydrogen) atoms. The Morgan fingerprint density at radius 3 is 2.38 bits per heavy atom. The Bertz CT molecular complexity index is 523. The fourth-order valence-corrected chi connectivity index (χ4v) is 3.43. The Hall–Kier alpha value is -1.66. The Balaban J connectivity index is 1.46. The van der Waals surface area contributed by atoms with Crippen LogP contribution in [0.4, 0.5) is 0 Å². The number of piperazine rings is 1. The number of ether oxygens (including phenoxy) is 1. The van der Waals surface area contributed by atoms with E-state index in [2.05, 4.69) is 21.8 Å². The molecule has 0 aromatic carbocycles. The van der Waals surface area contributed by atoms with Crippen molar-refractivity contribution < 1.29 is 9.53 Å². The number of likely N-dealkylation sites (N-methyl/N-ethyl adjacent to an activating group) is 1. The largest absolute Gasteiger partial charge is 0.490 e. The van der Waals surface area contributed by atoms with Crippen LogP contribution in [0.15, 0.2) is 24.5 Å². The average Bonchev–Trinajstić information content (AvgIpc) is 2.63. The van der Waals surface area contributed by atoms with Crippen LogP contribution in [0, 0.1) is 0 Å². The molecule has 1 unspecified atom stereocenters. The third-order valence-corrected chi connectivity index (χ3v) is 5.15. The number of hydrogen-bond acceptors (Lipinski definition) is 5. The van der Waals surface area contributed by atoms with Crippen molar-refractivity contribution >= 4 is 5.91 Å². The summed E-state index contributed by atoms with van der Waals surface area (Å²) < 4.78 is 5.98. The third kappa shape index (κ3) is 4.24. The molecule has 1 amide bonds. The molecule has 0 aliphatic carbocycles. The maximum absolute atomic E-state index is 12.8. The van der Waals surface area contributed by atoms with Crippen LogP contribution >= 0.6 is 0 Å². The number of carbonyl (C=O) groups excluding carboxylic acids is 1. The molecule has 0 bridgehead atoms. The number of nitrogens with zero attached hydrogens (tertiary/aromatic N) is 4. The quantitative estimate of drug-likeness (QED) is 0.826. The number of piperidine rings is 1. The van der Waals surface area contributed by atoms with Crippen LogP contribution in [0.25, 0.3) is 0 Å². The van der Waals surface area contributed by atoms with Gasteiger partial charge >= 0.3 is 0 Å². The number of amides is 1. The Morgan fingerprint density at radius 2 is 1.75 bits per heavy atom. The van der Waals surface area contributed by atoms with Crippen LogP contribution in [-0.2, 0) is 4.79 Å². The molecule has 0 N–H and O–H groups in total. The van der Waals surface area contributed by atoms with Crippen LogP contribution in [0.1, 0.15) is 19.8 Å². The number of likely N-dealkylation sites (tertiary alicyclic amines) is 1. The SMILES string of the molecule is CC(C(=O)N1CCC(Oc2ccncc2)CC1)N1CCN(C)CC1. The van der Waals surface area contributed by atoms with Crippen molar-refractivity contribution in [2.24, 2.45) is 0 Å². The Morgan fingerprint density at radius 1 is 1.12 bits per heavy atom. The van der Waals surface area contributed by atoms with E-state index in [1.54, 1.807) is 12.4 Å². The van der Waals surface area contributed by atoms with Crippen LogP contribution in [0.5, 0.6) is 5.75 Å². The maximum atomic E-state index is 12.8. The summed E-state index contributed by atoms with van der Waals surface area (Å²) in [7, 11) is 2.14. The molecule has 132 valence electrons. The topological polar surface area (TPSA) is 48.9 Å². The van der Waals surface area contributed by atoms with E-state index >= 15 is 0 Å². The van der Waals surface area contributed by atoms with Crippen LogP contribution in [-0.4, -0.2) is 84.1 Å². The first-order chi connectivity index (χ1) is 11.6. The molecule has 0 saturated carbocycles. The third-order valence-electron chi connectivity index (χ3n) is 5.15. The molecule has 3 heterocycles. The highest BCUT2D eigenvalue weighted by Gasteiger charge is 2.30. The summed E-state index contributed by atoms with van der Waals surface area (Å²) in [6.07, 6.45) is 5.46. The summed E-state index contributed by atoms with van der Waals surface area (Å²) >= 11 is 0. The number of pyridine rings is 1. The summed E-state index contributed by atoms with van der Waals surface area (Å²) in [4.78, 5) is 23.4. The van der Waals surface area contributed by atoms with E-state index in [0.29, 0.717) is 0 Å². The minimum Gasteiger partial charge on any atom is -0.490 e. The van der Waals surface area contributed by atoms with Gasteiger partial charge in [-0.05, 0) is 26.1 Å². The van der Waals surface area contributed by atoms with Gasteiger partial charge in [-0.15, -0.1) is 0 Å². The minimum atomic E-state index is -0.0173. The van der Waals surface area contributed by atoms with Crippen molar-refractivity contribution in [1.29, 1.82) is 0 Å². The van der Waals surface area contributed by atoms with Gasteiger partial charge in [0, 0.05) is 64.5 Å². The van der Waals surface area contributed by atoms with Crippen molar-refractivity contribution in [3.8, 4) is 5.75 Å². The van der Waals surface area contributed by atoms with Gasteiger partial charge in [0.1, 0.15) is 11.9 Å². The summed E-state index contributed by atoms with van der Waals surface area (Å²) in [5, 5.41) is 0. The van der Waals surface area contributed by atoms with Gasteiger partial charge < -0.3 is 14.5 Å². The van der Waals surface area contributed by atoms with Crippen LogP contribution < -0.4 is 4.74 Å². The van der Waals surface area contributed by atoms with Crippen molar-refractivity contribution in [2.75, 3.05) is 46.3 Å². The van der Waals surface area contributed by atoms with Crippen molar-refractivity contribution in [3.63, 3.8) is 0 Å². The molecule has 0 radical (unpaired) electrons. The lowest BCUT2D eigenvalue weighted by Gasteiger charge is -2.39. The molecule has 0 spiro atoms. The molecule has 6 heteroatoms. The van der Waals surface area contributed by atoms with Gasteiger partial charge in [0.05, 0.1) is 6.04 Å². The molecule has 2 aliphatic rings. The van der Waals surface area contributed by atoms with E-state index < -0.39 is 0 Å². The first-order valence-electron chi connectivity index (χ1n) is 8.91. The number of hydrogen-bond donors (Lipinski definition) is 0. The maximum Gasteiger partial charge on any atom is 0.239 e. The van der Waals surface area contributed by atoms with Gasteiger partial charge in [-0.25, -0.2) is 0 Å². The summed E-state index contributed by atoms with van der Waals surface area (Å²) in [6, 6.07) is 3.75. The number of carbonyl (C=O) groups is 1. The molecule has 2 fully saturated rings. The predicted molar refractivity (Wildman–Crippen MR) is 93.0 cm³/mol. The standard InChI is InChI=1S/C18H28N4O2/c1-15(21-13-11-20(2)12-14-21)18(23)22-9-5-17(6-10-22)24-16-3-7-19-8-4-16/h3-4,7-8,15,17H,5-6,9-14H2,1-2H3. The monoisotopic (exact) mass is 332 g/mol. The highest BCUT2D eigenvalue weighted by Crippen LogP contribution is 2.19. The van der Waals surface area contributed by atoms with E-state index in [4.69, 9.17) is 4.74 Å². The zero-order valence-electron chi connectivity index (χ0n) is 14.7. The molecule has 3 rings (SSSR count). The van der Waals surface area contributed by atoms with Crippen LogP contribution in [0.2, 0.25) is 0 Å². The molecule has 2 aliphatic heterocycles. The van der Waals surface area contributed by atoms with Crippen molar-refractivity contribution in [3.05, 3.63) is 24.5 Å². The normalized spacial score (nSPS) is 22.3. The van der Waals surface area contributed by atoms with Crippen LogP contribution in [0.3, 0.4) is 0 Å². The lowest BCUT2D eigenvalue weighted by molar-refractivity contribution is -0.138. The Kier molecular flexibility index (Phi) is 5.68. The lowest BCUT2D eigenvalue weighted by atomic mass is 10.1. The van der Waals surface area contributed by atoms with Gasteiger partial charge in [-0.1, -0.05) is 0 Å². The zero-order valence-corrected chi connectivity index (χ0v) is 14.7. The second-order valence-electron chi connectivity index (χ2n) is 6.84. The van der Waals surface area contributed by atoms with Gasteiger partial charge in [-0.2, -0.15) is 0 Å². The fourth-order valence-electron chi connectivity index (χ4n) is 3.43. The Labute approximate surface area is 144 Å². The molecule has 1 atom stereocenters. The van der Waals surface area contributed by atoms with E-state index in [1.807, 2.05) is 24.0 Å². The zero-order chi connectivity index (χ0) is 16.9. The second kappa shape index (κ2) is 7.94. The molecule has 2 saturated heterocycles. The molecule has 6 nitrogen and oxygen atoms in total. The predicted octanol–water partition coefficient (Wildman–Crippen LogP) is 1.09. The van der Waals surface area contributed by atoms with Gasteiger partial charge in [0.25, 0.3) is 0 Å². The highest BCUT2D eigenvalue weighted by molar-refractivity contribution is 5.81. The van der Waals surface area contributed by atoms with Gasteiger partial charge in [0.2, 0.25) is 5.91 Å². The van der Waals surface area contributed by atoms with Crippen molar-refractivity contribution in [1.82, 2.24) is 19.7 Å². The van der Waals surface area contributed by atoms with Gasteiger partial charge in [0.15, 0.2) is 0 Å². The van der Waals surface area contributed by atoms with Gasteiger partial charge in [-0.3, -0.25) is 14.7 Å². The van der Waals surface area contributed by atoms with E-state index in [1.165, 1.54) is 0 Å². The fraction of sp³-hybridized carbons (Fsp3) is 0.667. The second-order valence-corrected chi connectivity index (χ2v) is 6.84. The lowest BCUT2D eigenvalue weighted by Crippen LogP contribution is -2.55. The number of aromatic nitrogens is 1. The average molecular weight is 332 g/mol. The smallest absolute Gasteiger partial charge is 0.239 e. The van der Waals surface area contributed by atoms with Crippen molar-refractivity contribution in [2.45, 2.75) is 31.9 Å². The molecule has 1 aromatic heterocycles.